The molecule has 0 unspecified atom stereocenters. The zero-order valence-electron chi connectivity index (χ0n) is 17.1. The second-order valence-electron chi connectivity index (χ2n) is 6.91. The fraction of sp³-hybridized carbons (Fsp3) is 0.250. The lowest BCUT2D eigenvalue weighted by molar-refractivity contribution is -0.138. The standard InChI is InChI=1S/C20H14F6N4O3S/c1-2-34(32,33)18-16(28-15-8-5-13(11-30(15)18)20(24,25)26)17(31)29(10-9-27)14-6-3-12(4-7-14)19(21,22)23/h3-8,11H,2,10H2,1H3. The Morgan fingerprint density at radius 3 is 2.09 bits per heavy atom. The minimum absolute atomic E-state index is 0.174. The summed E-state index contributed by atoms with van der Waals surface area (Å²) >= 11 is 0. The molecule has 3 aromatic rings. The highest BCUT2D eigenvalue weighted by atomic mass is 32.2. The number of benzene rings is 1. The van der Waals surface area contributed by atoms with Crippen molar-refractivity contribution >= 4 is 27.1 Å². The van der Waals surface area contributed by atoms with Crippen molar-refractivity contribution in [2.24, 2.45) is 0 Å². The summed E-state index contributed by atoms with van der Waals surface area (Å²) in [5.41, 5.74) is -3.45. The Morgan fingerprint density at radius 2 is 1.59 bits per heavy atom. The minimum Gasteiger partial charge on any atom is -0.293 e. The average Bonchev–Trinajstić information content (AvgIpc) is 3.15. The molecule has 0 radical (unpaired) electrons. The number of amides is 1. The van der Waals surface area contributed by atoms with Crippen LogP contribution < -0.4 is 4.90 Å². The number of rotatable bonds is 5. The van der Waals surface area contributed by atoms with Crippen molar-refractivity contribution in [1.82, 2.24) is 9.38 Å². The van der Waals surface area contributed by atoms with Gasteiger partial charge in [0.1, 0.15) is 12.2 Å². The van der Waals surface area contributed by atoms with Crippen molar-refractivity contribution in [2.45, 2.75) is 24.3 Å². The van der Waals surface area contributed by atoms with Crippen LogP contribution in [0.1, 0.15) is 28.5 Å². The fourth-order valence-electron chi connectivity index (χ4n) is 3.07. The number of nitriles is 1. The van der Waals surface area contributed by atoms with E-state index in [1.165, 1.54) is 6.92 Å². The van der Waals surface area contributed by atoms with Gasteiger partial charge in [-0.1, -0.05) is 6.92 Å². The van der Waals surface area contributed by atoms with Gasteiger partial charge >= 0.3 is 12.4 Å². The van der Waals surface area contributed by atoms with Gasteiger partial charge in [-0.15, -0.1) is 0 Å². The SMILES string of the molecule is CCS(=O)(=O)c1c(C(=O)N(CC#N)c2ccc(C(F)(F)F)cc2)nc2ccc(C(F)(F)F)cn12. The van der Waals surface area contributed by atoms with Crippen LogP contribution in [0.2, 0.25) is 0 Å². The highest BCUT2D eigenvalue weighted by Crippen LogP contribution is 2.33. The number of pyridine rings is 1. The molecular formula is C20H14F6N4O3S. The van der Waals surface area contributed by atoms with E-state index >= 15 is 0 Å². The van der Waals surface area contributed by atoms with E-state index in [0.29, 0.717) is 33.7 Å². The normalized spacial score (nSPS) is 12.5. The van der Waals surface area contributed by atoms with E-state index in [1.54, 1.807) is 6.07 Å². The summed E-state index contributed by atoms with van der Waals surface area (Å²) in [6, 6.07) is 6.32. The zero-order chi connectivity index (χ0) is 25.5. The third-order valence-corrected chi connectivity index (χ3v) is 6.50. The number of anilines is 1. The molecule has 2 heterocycles. The lowest BCUT2D eigenvalue weighted by atomic mass is 10.2. The maximum Gasteiger partial charge on any atom is 0.417 e. The number of sulfone groups is 1. The highest BCUT2D eigenvalue weighted by Gasteiger charge is 2.35. The van der Waals surface area contributed by atoms with Gasteiger partial charge in [0, 0.05) is 11.9 Å². The first-order valence-corrected chi connectivity index (χ1v) is 11.0. The number of aromatic nitrogens is 2. The van der Waals surface area contributed by atoms with Crippen molar-refractivity contribution in [3.63, 3.8) is 0 Å². The van der Waals surface area contributed by atoms with Crippen molar-refractivity contribution in [3.8, 4) is 6.07 Å². The smallest absolute Gasteiger partial charge is 0.293 e. The van der Waals surface area contributed by atoms with E-state index in [0.717, 1.165) is 18.2 Å². The second kappa shape index (κ2) is 8.64. The van der Waals surface area contributed by atoms with Gasteiger partial charge in [0.25, 0.3) is 5.91 Å². The number of carbonyl (C=O) groups is 1. The maximum absolute atomic E-state index is 13.2. The number of nitrogens with zero attached hydrogens (tertiary/aromatic N) is 4. The summed E-state index contributed by atoms with van der Waals surface area (Å²) < 4.78 is 104. The molecule has 14 heteroatoms. The summed E-state index contributed by atoms with van der Waals surface area (Å²) in [4.78, 5) is 17.8. The molecule has 0 aliphatic heterocycles. The molecule has 1 aromatic carbocycles. The molecular weight excluding hydrogens is 490 g/mol. The van der Waals surface area contributed by atoms with Crippen LogP contribution in [-0.4, -0.2) is 36.0 Å². The predicted molar refractivity (Wildman–Crippen MR) is 107 cm³/mol. The van der Waals surface area contributed by atoms with Gasteiger partial charge in [0.2, 0.25) is 0 Å². The zero-order valence-corrected chi connectivity index (χ0v) is 18.0. The summed E-state index contributed by atoms with van der Waals surface area (Å²) in [5, 5.41) is 8.30. The number of alkyl halides is 6. The van der Waals surface area contributed by atoms with Crippen LogP contribution in [0.25, 0.3) is 5.65 Å². The van der Waals surface area contributed by atoms with Crippen molar-refractivity contribution < 1.29 is 39.6 Å². The summed E-state index contributed by atoms with van der Waals surface area (Å²) in [6.07, 6.45) is -9.00. The molecule has 0 aliphatic carbocycles. The highest BCUT2D eigenvalue weighted by molar-refractivity contribution is 7.91. The molecule has 1 amide bonds. The van der Waals surface area contributed by atoms with E-state index in [4.69, 9.17) is 5.26 Å². The fourth-order valence-corrected chi connectivity index (χ4v) is 4.22. The number of carbonyl (C=O) groups excluding carboxylic acids is 1. The van der Waals surface area contributed by atoms with Crippen molar-refractivity contribution in [2.75, 3.05) is 17.2 Å². The lowest BCUT2D eigenvalue weighted by Crippen LogP contribution is -2.33. The molecule has 0 aliphatic rings. The Bertz CT molecular complexity index is 1390. The first-order valence-electron chi connectivity index (χ1n) is 9.39. The van der Waals surface area contributed by atoms with Crippen molar-refractivity contribution in [3.05, 3.63) is 59.4 Å². The van der Waals surface area contributed by atoms with Crippen LogP contribution in [0.4, 0.5) is 32.0 Å². The van der Waals surface area contributed by atoms with Crippen LogP contribution >= 0.6 is 0 Å². The minimum atomic E-state index is -4.82. The third-order valence-electron chi connectivity index (χ3n) is 4.76. The topological polar surface area (TPSA) is 95.5 Å². The van der Waals surface area contributed by atoms with Gasteiger partial charge in [0.15, 0.2) is 20.6 Å². The second-order valence-corrected chi connectivity index (χ2v) is 9.10. The Hall–Kier alpha value is -3.60. The monoisotopic (exact) mass is 504 g/mol. The van der Waals surface area contributed by atoms with E-state index in [9.17, 15) is 39.6 Å². The van der Waals surface area contributed by atoms with Crippen LogP contribution in [0.15, 0.2) is 47.6 Å². The number of hydrogen-bond acceptors (Lipinski definition) is 5. The summed E-state index contributed by atoms with van der Waals surface area (Å²) in [7, 11) is -4.32. The molecule has 3 rings (SSSR count). The summed E-state index contributed by atoms with van der Waals surface area (Å²) in [6.45, 7) is 0.511. The molecule has 0 fully saturated rings. The predicted octanol–water partition coefficient (Wildman–Crippen LogP) is 4.34. The molecule has 0 spiro atoms. The Balaban J connectivity index is 2.21. The van der Waals surface area contributed by atoms with Crippen LogP contribution in [0.5, 0.6) is 0 Å². The molecule has 180 valence electrons. The maximum atomic E-state index is 13.2. The largest absolute Gasteiger partial charge is 0.417 e. The average molecular weight is 504 g/mol. The van der Waals surface area contributed by atoms with Gasteiger partial charge in [0.05, 0.1) is 22.9 Å². The Labute approximate surface area is 188 Å². The first kappa shape index (κ1) is 25.0. The number of hydrogen-bond donors (Lipinski definition) is 0. The molecule has 0 saturated carbocycles. The van der Waals surface area contributed by atoms with E-state index in [-0.39, 0.29) is 11.3 Å². The number of imidazole rings is 1. The van der Waals surface area contributed by atoms with Gasteiger partial charge in [-0.3, -0.25) is 14.1 Å². The van der Waals surface area contributed by atoms with Gasteiger partial charge in [-0.05, 0) is 36.4 Å². The molecule has 7 nitrogen and oxygen atoms in total. The van der Waals surface area contributed by atoms with Crippen LogP contribution in [-0.2, 0) is 22.2 Å². The molecule has 34 heavy (non-hydrogen) atoms. The Kier molecular flexibility index (Phi) is 6.36. The molecule has 0 bridgehead atoms. The van der Waals surface area contributed by atoms with E-state index in [1.807, 2.05) is 0 Å². The first-order chi connectivity index (χ1) is 15.7. The number of fused-ring (bicyclic) bond motifs is 1. The van der Waals surface area contributed by atoms with Crippen LogP contribution in [0.3, 0.4) is 0 Å². The molecule has 0 atom stereocenters. The van der Waals surface area contributed by atoms with Gasteiger partial charge in [-0.2, -0.15) is 31.6 Å². The van der Waals surface area contributed by atoms with Crippen LogP contribution in [0, 0.1) is 11.3 Å². The number of halogens is 6. The molecule has 2 aromatic heterocycles. The van der Waals surface area contributed by atoms with Gasteiger partial charge < -0.3 is 0 Å². The molecule has 0 N–H and O–H groups in total. The Morgan fingerprint density at radius 1 is 1.03 bits per heavy atom. The van der Waals surface area contributed by atoms with Gasteiger partial charge in [-0.25, -0.2) is 13.4 Å². The van der Waals surface area contributed by atoms with E-state index in [2.05, 4.69) is 4.98 Å². The lowest BCUT2D eigenvalue weighted by Gasteiger charge is -2.20. The van der Waals surface area contributed by atoms with E-state index < -0.39 is 62.2 Å². The molecule has 0 saturated heterocycles. The summed E-state index contributed by atoms with van der Waals surface area (Å²) in [5.74, 6) is -1.78. The third kappa shape index (κ3) is 4.69. The quantitative estimate of drug-likeness (QED) is 0.381. The van der Waals surface area contributed by atoms with Crippen molar-refractivity contribution in [1.29, 1.82) is 5.26 Å².